The molecule has 0 spiro atoms. The van der Waals surface area contributed by atoms with Gasteiger partial charge in [-0.2, -0.15) is 0 Å². The summed E-state index contributed by atoms with van der Waals surface area (Å²) >= 11 is 3.45. The van der Waals surface area contributed by atoms with Crippen molar-refractivity contribution in [3.63, 3.8) is 0 Å². The molecule has 1 aliphatic rings. The molecule has 0 amide bonds. The van der Waals surface area contributed by atoms with Crippen molar-refractivity contribution < 1.29 is 4.92 Å². The summed E-state index contributed by atoms with van der Waals surface area (Å²) in [5.74, 6) is 0. The number of nitro groups is 1. The van der Waals surface area contributed by atoms with Gasteiger partial charge in [-0.15, -0.1) is 0 Å². The van der Waals surface area contributed by atoms with E-state index in [1.54, 1.807) is 19.1 Å². The molecule has 6 heteroatoms. The molecule has 2 rings (SSSR count). The van der Waals surface area contributed by atoms with Gasteiger partial charge in [0, 0.05) is 28.7 Å². The highest BCUT2D eigenvalue weighted by molar-refractivity contribution is 9.10. The van der Waals surface area contributed by atoms with Crippen molar-refractivity contribution in [2.45, 2.75) is 19.4 Å². The summed E-state index contributed by atoms with van der Waals surface area (Å²) in [6.45, 7) is 3.77. The third-order valence-electron chi connectivity index (χ3n) is 3.23. The van der Waals surface area contributed by atoms with Crippen molar-refractivity contribution in [2.75, 3.05) is 25.5 Å². The molecule has 0 saturated carbocycles. The summed E-state index contributed by atoms with van der Waals surface area (Å²) in [4.78, 5) is 12.8. The van der Waals surface area contributed by atoms with Gasteiger partial charge in [-0.1, -0.05) is 0 Å². The highest BCUT2D eigenvalue weighted by Gasteiger charge is 2.21. The maximum atomic E-state index is 10.9. The van der Waals surface area contributed by atoms with Crippen LogP contribution in [0.25, 0.3) is 0 Å². The third-order valence-corrected chi connectivity index (χ3v) is 3.89. The van der Waals surface area contributed by atoms with Crippen molar-refractivity contribution in [1.82, 2.24) is 4.90 Å². The van der Waals surface area contributed by atoms with Crippen LogP contribution in [0.5, 0.6) is 0 Å². The molecule has 1 atom stereocenters. The first kappa shape index (κ1) is 13.3. The van der Waals surface area contributed by atoms with Gasteiger partial charge in [-0.3, -0.25) is 10.1 Å². The van der Waals surface area contributed by atoms with E-state index in [1.165, 1.54) is 0 Å². The fraction of sp³-hybridized carbons (Fsp3) is 0.500. The molecule has 1 aromatic carbocycles. The van der Waals surface area contributed by atoms with Gasteiger partial charge < -0.3 is 10.2 Å². The quantitative estimate of drug-likeness (QED) is 0.688. The summed E-state index contributed by atoms with van der Waals surface area (Å²) < 4.78 is 0.875. The van der Waals surface area contributed by atoms with Gasteiger partial charge in [0.1, 0.15) is 0 Å². The molecule has 18 heavy (non-hydrogen) atoms. The van der Waals surface area contributed by atoms with E-state index in [9.17, 15) is 10.1 Å². The van der Waals surface area contributed by atoms with Crippen molar-refractivity contribution in [2.24, 2.45) is 0 Å². The Morgan fingerprint density at radius 3 is 2.83 bits per heavy atom. The lowest BCUT2D eigenvalue weighted by molar-refractivity contribution is -0.385. The summed E-state index contributed by atoms with van der Waals surface area (Å²) in [5.41, 5.74) is 1.63. The van der Waals surface area contributed by atoms with Gasteiger partial charge in [-0.05, 0) is 48.9 Å². The van der Waals surface area contributed by atoms with Crippen LogP contribution in [-0.2, 0) is 0 Å². The number of nitro benzene ring substituents is 1. The first-order valence-electron chi connectivity index (χ1n) is 5.87. The number of benzene rings is 1. The van der Waals surface area contributed by atoms with Gasteiger partial charge in [0.05, 0.1) is 10.6 Å². The molecule has 0 aromatic heterocycles. The van der Waals surface area contributed by atoms with E-state index >= 15 is 0 Å². The predicted octanol–water partition coefficient (Wildman–Crippen LogP) is 2.78. The van der Waals surface area contributed by atoms with Gasteiger partial charge >= 0.3 is 0 Å². The normalized spacial score (nSPS) is 20.1. The van der Waals surface area contributed by atoms with Crippen LogP contribution in [0.4, 0.5) is 11.4 Å². The van der Waals surface area contributed by atoms with Gasteiger partial charge in [-0.25, -0.2) is 0 Å². The molecule has 0 aliphatic carbocycles. The molecule has 1 unspecified atom stereocenters. The second-order valence-corrected chi connectivity index (χ2v) is 5.62. The maximum absolute atomic E-state index is 10.9. The van der Waals surface area contributed by atoms with Crippen molar-refractivity contribution in [3.05, 3.63) is 32.3 Å². The molecule has 1 aromatic rings. The Morgan fingerprint density at radius 2 is 2.28 bits per heavy atom. The zero-order valence-corrected chi connectivity index (χ0v) is 12.0. The SMILES string of the molecule is Cc1cc(Br)c(NC2CCN(C)C2)cc1[N+](=O)[O-]. The number of rotatable bonds is 3. The highest BCUT2D eigenvalue weighted by atomic mass is 79.9. The zero-order chi connectivity index (χ0) is 13.3. The van der Waals surface area contributed by atoms with E-state index in [1.807, 2.05) is 0 Å². The van der Waals surface area contributed by atoms with Crippen LogP contribution in [-0.4, -0.2) is 36.0 Å². The smallest absolute Gasteiger partial charge is 0.274 e. The third kappa shape index (κ3) is 2.81. The molecule has 1 heterocycles. The summed E-state index contributed by atoms with van der Waals surface area (Å²) in [6.07, 6.45) is 1.06. The number of likely N-dealkylation sites (N-methyl/N-ethyl adjacent to an activating group) is 1. The first-order chi connectivity index (χ1) is 8.47. The molecule has 0 radical (unpaired) electrons. The van der Waals surface area contributed by atoms with E-state index < -0.39 is 0 Å². The Balaban J connectivity index is 2.22. The minimum absolute atomic E-state index is 0.159. The second-order valence-electron chi connectivity index (χ2n) is 4.77. The van der Waals surface area contributed by atoms with Crippen LogP contribution in [0.1, 0.15) is 12.0 Å². The van der Waals surface area contributed by atoms with E-state index in [2.05, 4.69) is 33.2 Å². The fourth-order valence-corrected chi connectivity index (χ4v) is 2.81. The number of nitrogens with one attached hydrogen (secondary N) is 1. The number of likely N-dealkylation sites (tertiary alicyclic amines) is 1. The van der Waals surface area contributed by atoms with E-state index in [0.717, 1.165) is 29.7 Å². The van der Waals surface area contributed by atoms with E-state index in [4.69, 9.17) is 0 Å². The number of anilines is 1. The number of nitrogens with zero attached hydrogens (tertiary/aromatic N) is 2. The van der Waals surface area contributed by atoms with Crippen LogP contribution in [0.15, 0.2) is 16.6 Å². The predicted molar refractivity (Wildman–Crippen MR) is 75.1 cm³/mol. The fourth-order valence-electron chi connectivity index (χ4n) is 2.24. The van der Waals surface area contributed by atoms with E-state index in [0.29, 0.717) is 11.6 Å². The highest BCUT2D eigenvalue weighted by Crippen LogP contribution is 2.31. The molecule has 5 nitrogen and oxygen atoms in total. The van der Waals surface area contributed by atoms with Crippen LogP contribution in [0, 0.1) is 17.0 Å². The minimum atomic E-state index is -0.340. The molecule has 1 saturated heterocycles. The summed E-state index contributed by atoms with van der Waals surface area (Å²) in [5, 5.41) is 14.3. The molecular weight excluding hydrogens is 298 g/mol. The van der Waals surface area contributed by atoms with Gasteiger partial charge in [0.15, 0.2) is 0 Å². The maximum Gasteiger partial charge on any atom is 0.274 e. The van der Waals surface area contributed by atoms with Crippen LogP contribution in [0.2, 0.25) is 0 Å². The molecule has 1 fully saturated rings. The van der Waals surface area contributed by atoms with Crippen molar-refractivity contribution >= 4 is 27.3 Å². The summed E-state index contributed by atoms with van der Waals surface area (Å²) in [7, 11) is 2.08. The topological polar surface area (TPSA) is 58.4 Å². The average molecular weight is 314 g/mol. The second kappa shape index (κ2) is 5.24. The lowest BCUT2D eigenvalue weighted by Gasteiger charge is -2.16. The lowest BCUT2D eigenvalue weighted by Crippen LogP contribution is -2.23. The Hall–Kier alpha value is -1.14. The van der Waals surface area contributed by atoms with Crippen LogP contribution in [0.3, 0.4) is 0 Å². The van der Waals surface area contributed by atoms with Gasteiger partial charge in [0.25, 0.3) is 5.69 Å². The number of halogens is 1. The number of hydrogen-bond donors (Lipinski definition) is 1. The zero-order valence-electron chi connectivity index (χ0n) is 10.4. The monoisotopic (exact) mass is 313 g/mol. The van der Waals surface area contributed by atoms with E-state index in [-0.39, 0.29) is 10.6 Å². The minimum Gasteiger partial charge on any atom is -0.380 e. The van der Waals surface area contributed by atoms with Crippen LogP contribution < -0.4 is 5.32 Å². The largest absolute Gasteiger partial charge is 0.380 e. The molecule has 98 valence electrons. The first-order valence-corrected chi connectivity index (χ1v) is 6.66. The van der Waals surface area contributed by atoms with Crippen LogP contribution >= 0.6 is 15.9 Å². The summed E-state index contributed by atoms with van der Waals surface area (Å²) in [6, 6.07) is 3.75. The Bertz CT molecular complexity index is 479. The standard InChI is InChI=1S/C12H16BrN3O2/c1-8-5-10(13)11(6-12(8)16(17)18)14-9-3-4-15(2)7-9/h5-6,9,14H,3-4,7H2,1-2H3. The number of hydrogen-bond acceptors (Lipinski definition) is 4. The molecule has 1 N–H and O–H groups in total. The van der Waals surface area contributed by atoms with Gasteiger partial charge in [0.2, 0.25) is 0 Å². The Kier molecular flexibility index (Phi) is 3.87. The molecular formula is C12H16BrN3O2. The average Bonchev–Trinajstić information content (AvgIpc) is 2.67. The molecule has 1 aliphatic heterocycles. The Labute approximate surface area is 114 Å². The Morgan fingerprint density at radius 1 is 1.56 bits per heavy atom. The molecule has 0 bridgehead atoms. The van der Waals surface area contributed by atoms with Crippen molar-refractivity contribution in [1.29, 1.82) is 0 Å². The van der Waals surface area contributed by atoms with Crippen molar-refractivity contribution in [3.8, 4) is 0 Å². The number of aryl methyl sites for hydroxylation is 1. The lowest BCUT2D eigenvalue weighted by atomic mass is 10.1.